The average Bonchev–Trinajstić information content (AvgIpc) is 3.24. The predicted molar refractivity (Wildman–Crippen MR) is 256 cm³/mol. The van der Waals surface area contributed by atoms with Gasteiger partial charge in [0.1, 0.15) is 13.2 Å². The zero-order valence-corrected chi connectivity index (χ0v) is 39.2. The van der Waals surface area contributed by atoms with Gasteiger partial charge in [-0.15, -0.1) is 0 Å². The molecule has 0 saturated heterocycles. The summed E-state index contributed by atoms with van der Waals surface area (Å²) in [7, 11) is 0. The van der Waals surface area contributed by atoms with Crippen LogP contribution < -0.4 is 0 Å². The Balaban J connectivity index is 4.29. The van der Waals surface area contributed by atoms with Gasteiger partial charge in [-0.25, -0.2) is 0 Å². The third kappa shape index (κ3) is 45.9. The summed E-state index contributed by atoms with van der Waals surface area (Å²) in [4.78, 5) is 37.6. The fourth-order valence-corrected chi connectivity index (χ4v) is 6.75. The third-order valence-electron chi connectivity index (χ3n) is 10.5. The van der Waals surface area contributed by atoms with Crippen molar-refractivity contribution in [2.75, 3.05) is 13.2 Å². The van der Waals surface area contributed by atoms with E-state index in [1.165, 1.54) is 122 Å². The Morgan fingerprint density at radius 2 is 0.700 bits per heavy atom. The summed E-state index contributed by atoms with van der Waals surface area (Å²) in [5, 5.41) is 0. The summed E-state index contributed by atoms with van der Waals surface area (Å²) < 4.78 is 16.6. The quantitative estimate of drug-likeness (QED) is 0.0263. The Bertz CT molecular complexity index is 1140. The molecule has 0 aliphatic carbocycles. The molecule has 1 atom stereocenters. The molecular formula is C54H92O6. The lowest BCUT2D eigenvalue weighted by Gasteiger charge is -2.18. The number of carbonyl (C=O) groups is 3. The van der Waals surface area contributed by atoms with Crippen LogP contribution in [0.5, 0.6) is 0 Å². The molecule has 0 spiro atoms. The van der Waals surface area contributed by atoms with Crippen molar-refractivity contribution < 1.29 is 28.6 Å². The van der Waals surface area contributed by atoms with Gasteiger partial charge in [-0.1, -0.05) is 216 Å². The van der Waals surface area contributed by atoms with E-state index < -0.39 is 12.1 Å². The van der Waals surface area contributed by atoms with Crippen LogP contribution in [0.2, 0.25) is 0 Å². The van der Waals surface area contributed by atoms with Crippen molar-refractivity contribution in [1.29, 1.82) is 0 Å². The lowest BCUT2D eigenvalue weighted by Crippen LogP contribution is -2.30. The molecule has 0 amide bonds. The second-order valence-corrected chi connectivity index (χ2v) is 16.4. The highest BCUT2D eigenvalue weighted by Gasteiger charge is 2.19. The summed E-state index contributed by atoms with van der Waals surface area (Å²) in [5.41, 5.74) is 0. The van der Waals surface area contributed by atoms with E-state index in [0.29, 0.717) is 12.8 Å². The second kappa shape index (κ2) is 48.5. The van der Waals surface area contributed by atoms with Crippen LogP contribution in [0.1, 0.15) is 233 Å². The maximum atomic E-state index is 12.7. The first-order valence-electron chi connectivity index (χ1n) is 24.9. The summed E-state index contributed by atoms with van der Waals surface area (Å²) in [6.07, 6.45) is 60.9. The van der Waals surface area contributed by atoms with E-state index in [0.717, 1.165) is 70.6 Å². The lowest BCUT2D eigenvalue weighted by molar-refractivity contribution is -0.166. The Morgan fingerprint density at radius 1 is 0.367 bits per heavy atom. The Hall–Kier alpha value is -3.15. The van der Waals surface area contributed by atoms with Crippen LogP contribution in [0, 0.1) is 0 Å². The van der Waals surface area contributed by atoms with Gasteiger partial charge in [0.25, 0.3) is 0 Å². The maximum absolute atomic E-state index is 12.7. The van der Waals surface area contributed by atoms with Crippen LogP contribution in [0.15, 0.2) is 72.9 Å². The number of allylic oxidation sites excluding steroid dienone is 11. The monoisotopic (exact) mass is 837 g/mol. The predicted octanol–water partition coefficient (Wildman–Crippen LogP) is 16.3. The molecule has 0 bridgehead atoms. The van der Waals surface area contributed by atoms with Crippen molar-refractivity contribution >= 4 is 17.9 Å². The zero-order valence-electron chi connectivity index (χ0n) is 39.2. The van der Waals surface area contributed by atoms with Gasteiger partial charge < -0.3 is 14.2 Å². The van der Waals surface area contributed by atoms with Crippen molar-refractivity contribution in [3.63, 3.8) is 0 Å². The number of hydrogen-bond donors (Lipinski definition) is 0. The van der Waals surface area contributed by atoms with E-state index in [9.17, 15) is 14.4 Å². The minimum atomic E-state index is -0.826. The molecule has 0 saturated carbocycles. The standard InChI is InChI=1S/C54H92O6/c1-4-7-10-13-16-18-20-22-24-25-26-27-28-29-31-32-34-36-38-41-44-47-53(56)59-50-51(49-58-52(55)46-43-40-15-12-9-6-3)60-54(57)48-45-42-39-37-35-33-30-23-21-19-17-14-11-8-5-2/h8,11,17,19,23,25-26,30,35,37,42,45,51H,4-7,9-10,12-16,18,20-22,24,27-29,31-34,36,38-41,43-44,46-50H2,1-3H3/b11-8-,19-17-,26-25-,30-23-,37-35-,45-42-. The first-order valence-corrected chi connectivity index (χ1v) is 24.9. The Labute approximate surface area is 370 Å². The van der Waals surface area contributed by atoms with E-state index >= 15 is 0 Å². The molecule has 6 nitrogen and oxygen atoms in total. The van der Waals surface area contributed by atoms with Crippen molar-refractivity contribution in [3.8, 4) is 0 Å². The van der Waals surface area contributed by atoms with Gasteiger partial charge in [-0.05, 0) is 70.6 Å². The molecule has 0 aliphatic heterocycles. The fraction of sp³-hybridized carbons (Fsp3) is 0.722. The summed E-state index contributed by atoms with van der Waals surface area (Å²) >= 11 is 0. The molecule has 0 N–H and O–H groups in total. The van der Waals surface area contributed by atoms with Crippen molar-refractivity contribution in [2.45, 2.75) is 239 Å². The number of rotatable bonds is 44. The highest BCUT2D eigenvalue weighted by atomic mass is 16.6. The second-order valence-electron chi connectivity index (χ2n) is 16.4. The molecule has 0 aliphatic rings. The highest BCUT2D eigenvalue weighted by molar-refractivity contribution is 5.72. The van der Waals surface area contributed by atoms with Crippen LogP contribution in [0.3, 0.4) is 0 Å². The third-order valence-corrected chi connectivity index (χ3v) is 10.5. The molecule has 60 heavy (non-hydrogen) atoms. The average molecular weight is 837 g/mol. The number of hydrogen-bond acceptors (Lipinski definition) is 6. The van der Waals surface area contributed by atoms with Crippen molar-refractivity contribution in [2.24, 2.45) is 0 Å². The summed E-state index contributed by atoms with van der Waals surface area (Å²) in [6, 6.07) is 0. The minimum Gasteiger partial charge on any atom is -0.462 e. The van der Waals surface area contributed by atoms with Gasteiger partial charge in [0, 0.05) is 12.8 Å². The van der Waals surface area contributed by atoms with E-state index in [4.69, 9.17) is 14.2 Å². The van der Waals surface area contributed by atoms with E-state index in [1.54, 1.807) is 6.08 Å². The minimum absolute atomic E-state index is 0.0977. The maximum Gasteiger partial charge on any atom is 0.310 e. The largest absolute Gasteiger partial charge is 0.462 e. The van der Waals surface area contributed by atoms with Crippen LogP contribution in [0.25, 0.3) is 0 Å². The molecular weight excluding hydrogens is 745 g/mol. The Morgan fingerprint density at radius 3 is 1.08 bits per heavy atom. The number of unbranched alkanes of at least 4 members (excludes halogenated alkanes) is 22. The normalized spacial score (nSPS) is 12.7. The zero-order chi connectivity index (χ0) is 43.7. The van der Waals surface area contributed by atoms with Crippen LogP contribution in [0.4, 0.5) is 0 Å². The molecule has 6 heteroatoms. The molecule has 0 heterocycles. The number of ether oxygens (including phenoxy) is 3. The van der Waals surface area contributed by atoms with E-state index in [2.05, 4.69) is 81.5 Å². The summed E-state index contributed by atoms with van der Waals surface area (Å²) in [5.74, 6) is -1.06. The lowest BCUT2D eigenvalue weighted by atomic mass is 10.1. The van der Waals surface area contributed by atoms with Gasteiger partial charge in [-0.2, -0.15) is 0 Å². The van der Waals surface area contributed by atoms with Gasteiger partial charge >= 0.3 is 17.9 Å². The Kier molecular flexibility index (Phi) is 46.0. The first-order chi connectivity index (χ1) is 29.5. The van der Waals surface area contributed by atoms with Gasteiger partial charge in [0.15, 0.2) is 6.10 Å². The SMILES string of the molecule is CC/C=C\C/C=C\C/C=C\C/C=C\C/C=C\CC(=O)OC(COC(=O)CCCCCCCC)COC(=O)CCCCCCCCCCC/C=C\CCCCCCCCCC. The molecule has 1 unspecified atom stereocenters. The van der Waals surface area contributed by atoms with Crippen LogP contribution >= 0.6 is 0 Å². The smallest absolute Gasteiger partial charge is 0.310 e. The summed E-state index contributed by atoms with van der Waals surface area (Å²) in [6.45, 7) is 6.37. The molecule has 0 aromatic carbocycles. The van der Waals surface area contributed by atoms with Gasteiger partial charge in [0.05, 0.1) is 6.42 Å². The topological polar surface area (TPSA) is 78.9 Å². The first kappa shape index (κ1) is 56.9. The van der Waals surface area contributed by atoms with Gasteiger partial charge in [-0.3, -0.25) is 14.4 Å². The van der Waals surface area contributed by atoms with E-state index in [-0.39, 0.29) is 31.6 Å². The molecule has 0 fully saturated rings. The van der Waals surface area contributed by atoms with Gasteiger partial charge in [0.2, 0.25) is 0 Å². The van der Waals surface area contributed by atoms with Crippen molar-refractivity contribution in [1.82, 2.24) is 0 Å². The highest BCUT2D eigenvalue weighted by Crippen LogP contribution is 2.14. The number of esters is 3. The molecule has 0 rings (SSSR count). The van der Waals surface area contributed by atoms with Crippen molar-refractivity contribution in [3.05, 3.63) is 72.9 Å². The molecule has 0 aromatic rings. The molecule has 344 valence electrons. The molecule has 0 aromatic heterocycles. The number of carbonyl (C=O) groups excluding carboxylic acids is 3. The van der Waals surface area contributed by atoms with E-state index in [1.807, 2.05) is 6.08 Å². The molecule has 0 radical (unpaired) electrons. The van der Waals surface area contributed by atoms with Crippen LogP contribution in [-0.2, 0) is 28.6 Å². The fourth-order valence-electron chi connectivity index (χ4n) is 6.75. The van der Waals surface area contributed by atoms with Crippen LogP contribution in [-0.4, -0.2) is 37.2 Å².